The summed E-state index contributed by atoms with van der Waals surface area (Å²) in [5, 5.41) is 9.45. The first-order chi connectivity index (χ1) is 9.39. The monoisotopic (exact) mass is 304 g/mol. The fraction of sp³-hybridized carbons (Fsp3) is 0.538. The first-order valence-corrected chi connectivity index (χ1v) is 8.02. The van der Waals surface area contributed by atoms with Crippen molar-refractivity contribution in [3.8, 4) is 0 Å². The van der Waals surface area contributed by atoms with E-state index in [1.807, 2.05) is 4.90 Å². The highest BCUT2D eigenvalue weighted by Gasteiger charge is 2.17. The van der Waals surface area contributed by atoms with Gasteiger partial charge in [-0.15, -0.1) is 0 Å². The molecule has 0 spiro atoms. The molecule has 5 nitrogen and oxygen atoms in total. The minimum Gasteiger partial charge on any atom is -0.394 e. The number of nitrogens with one attached hydrogen (secondary N) is 1. The molecule has 1 atom stereocenters. The molecule has 0 fully saturated rings. The topological polar surface area (TPSA) is 69.6 Å². The van der Waals surface area contributed by atoms with E-state index < -0.39 is 10.0 Å². The molecular formula is C13H21FN2O3S. The zero-order chi connectivity index (χ0) is 15.2. The average Bonchev–Trinajstić information content (AvgIpc) is 2.39. The maximum atomic E-state index is 13.2. The zero-order valence-electron chi connectivity index (χ0n) is 11.7. The first kappa shape index (κ1) is 17.0. The Kier molecular flexibility index (Phi) is 6.54. The second kappa shape index (κ2) is 7.68. The second-order valence-electron chi connectivity index (χ2n) is 4.61. The number of aliphatic hydroxyl groups is 1. The van der Waals surface area contributed by atoms with Gasteiger partial charge in [-0.2, -0.15) is 0 Å². The number of rotatable bonds is 8. The largest absolute Gasteiger partial charge is 0.394 e. The SMILES string of the molecule is CNS(=O)(=O)CCCN(C)C(CO)c1cccc(F)c1. The molecule has 0 aromatic heterocycles. The van der Waals surface area contributed by atoms with Gasteiger partial charge in [0, 0.05) is 0 Å². The molecule has 0 aliphatic rings. The molecule has 0 bridgehead atoms. The average molecular weight is 304 g/mol. The van der Waals surface area contributed by atoms with Crippen LogP contribution in [0.1, 0.15) is 18.0 Å². The van der Waals surface area contributed by atoms with Gasteiger partial charge in [0.2, 0.25) is 10.0 Å². The van der Waals surface area contributed by atoms with Crippen LogP contribution in [0.4, 0.5) is 4.39 Å². The molecule has 0 saturated carbocycles. The highest BCUT2D eigenvalue weighted by atomic mass is 32.2. The van der Waals surface area contributed by atoms with Gasteiger partial charge < -0.3 is 5.11 Å². The molecule has 0 aliphatic carbocycles. The van der Waals surface area contributed by atoms with Crippen molar-refractivity contribution in [3.05, 3.63) is 35.6 Å². The Hall–Kier alpha value is -1.02. The summed E-state index contributed by atoms with van der Waals surface area (Å²) in [6.07, 6.45) is 0.436. The van der Waals surface area contributed by atoms with Crippen LogP contribution in [-0.4, -0.2) is 51.4 Å². The van der Waals surface area contributed by atoms with Crippen molar-refractivity contribution in [2.45, 2.75) is 12.5 Å². The molecule has 0 amide bonds. The molecule has 114 valence electrons. The van der Waals surface area contributed by atoms with Gasteiger partial charge in [-0.25, -0.2) is 17.5 Å². The van der Waals surface area contributed by atoms with Gasteiger partial charge in [0.25, 0.3) is 0 Å². The Morgan fingerprint density at radius 3 is 2.70 bits per heavy atom. The van der Waals surface area contributed by atoms with Gasteiger partial charge in [-0.1, -0.05) is 12.1 Å². The summed E-state index contributed by atoms with van der Waals surface area (Å²) in [6, 6.07) is 5.71. The summed E-state index contributed by atoms with van der Waals surface area (Å²) in [4.78, 5) is 1.82. The van der Waals surface area contributed by atoms with Gasteiger partial charge in [0.1, 0.15) is 5.82 Å². The molecule has 1 unspecified atom stereocenters. The van der Waals surface area contributed by atoms with Crippen molar-refractivity contribution >= 4 is 10.0 Å². The lowest BCUT2D eigenvalue weighted by atomic mass is 10.1. The van der Waals surface area contributed by atoms with Crippen LogP contribution in [0.25, 0.3) is 0 Å². The van der Waals surface area contributed by atoms with E-state index in [0.29, 0.717) is 18.5 Å². The van der Waals surface area contributed by atoms with E-state index in [0.717, 1.165) is 0 Å². The Morgan fingerprint density at radius 2 is 2.15 bits per heavy atom. The van der Waals surface area contributed by atoms with E-state index in [1.54, 1.807) is 19.2 Å². The van der Waals surface area contributed by atoms with Crippen LogP contribution in [0, 0.1) is 5.82 Å². The van der Waals surface area contributed by atoms with E-state index in [-0.39, 0.29) is 24.2 Å². The van der Waals surface area contributed by atoms with E-state index >= 15 is 0 Å². The molecule has 0 radical (unpaired) electrons. The number of hydrogen-bond donors (Lipinski definition) is 2. The molecule has 20 heavy (non-hydrogen) atoms. The number of sulfonamides is 1. The van der Waals surface area contributed by atoms with Crippen molar-refractivity contribution in [1.82, 2.24) is 9.62 Å². The molecule has 2 N–H and O–H groups in total. The molecular weight excluding hydrogens is 283 g/mol. The molecule has 0 heterocycles. The normalized spacial score (nSPS) is 13.7. The standard InChI is InChI=1S/C13H21FN2O3S/c1-15-20(18,19)8-4-7-16(2)13(10-17)11-5-3-6-12(14)9-11/h3,5-6,9,13,15,17H,4,7-8,10H2,1-2H3. The van der Waals surface area contributed by atoms with Crippen LogP contribution in [0.5, 0.6) is 0 Å². The smallest absolute Gasteiger partial charge is 0.211 e. The maximum absolute atomic E-state index is 13.2. The van der Waals surface area contributed by atoms with Crippen LogP contribution >= 0.6 is 0 Å². The Balaban J connectivity index is 2.62. The first-order valence-electron chi connectivity index (χ1n) is 6.37. The third-order valence-corrected chi connectivity index (χ3v) is 4.62. The number of halogens is 1. The van der Waals surface area contributed by atoms with Crippen LogP contribution in [0.2, 0.25) is 0 Å². The second-order valence-corrected chi connectivity index (χ2v) is 6.66. The summed E-state index contributed by atoms with van der Waals surface area (Å²) in [5.74, 6) is -0.332. The summed E-state index contributed by atoms with van der Waals surface area (Å²) in [7, 11) is -0.0652. The predicted octanol–water partition coefficient (Wildman–Crippen LogP) is 0.730. The van der Waals surface area contributed by atoms with Gasteiger partial charge in [-0.3, -0.25) is 4.90 Å². The summed E-state index contributed by atoms with van der Waals surface area (Å²) in [5.41, 5.74) is 0.673. The van der Waals surface area contributed by atoms with Gasteiger partial charge in [0.15, 0.2) is 0 Å². The van der Waals surface area contributed by atoms with Crippen LogP contribution < -0.4 is 4.72 Å². The van der Waals surface area contributed by atoms with Gasteiger partial charge in [0.05, 0.1) is 18.4 Å². The molecule has 1 aromatic rings. The van der Waals surface area contributed by atoms with Crippen LogP contribution in [-0.2, 0) is 10.0 Å². The van der Waals surface area contributed by atoms with E-state index in [1.165, 1.54) is 19.2 Å². The molecule has 0 saturated heterocycles. The maximum Gasteiger partial charge on any atom is 0.211 e. The minimum absolute atomic E-state index is 0.0230. The lowest BCUT2D eigenvalue weighted by molar-refractivity contribution is 0.148. The van der Waals surface area contributed by atoms with Gasteiger partial charge in [-0.05, 0) is 44.8 Å². The Morgan fingerprint density at radius 1 is 1.45 bits per heavy atom. The molecule has 0 aliphatic heterocycles. The lowest BCUT2D eigenvalue weighted by Gasteiger charge is -2.26. The van der Waals surface area contributed by atoms with E-state index in [4.69, 9.17) is 0 Å². The lowest BCUT2D eigenvalue weighted by Crippen LogP contribution is -2.30. The Bertz CT molecular complexity index is 522. The van der Waals surface area contributed by atoms with Gasteiger partial charge >= 0.3 is 0 Å². The Labute approximate surface area is 119 Å². The van der Waals surface area contributed by atoms with Crippen molar-refractivity contribution in [3.63, 3.8) is 0 Å². The van der Waals surface area contributed by atoms with Crippen LogP contribution in [0.3, 0.4) is 0 Å². The summed E-state index contributed by atoms with van der Waals surface area (Å²) < 4.78 is 38.1. The number of aliphatic hydroxyl groups excluding tert-OH is 1. The molecule has 1 rings (SSSR count). The number of nitrogens with zero attached hydrogens (tertiary/aromatic N) is 1. The minimum atomic E-state index is -3.22. The predicted molar refractivity (Wildman–Crippen MR) is 76.3 cm³/mol. The van der Waals surface area contributed by atoms with Crippen molar-refractivity contribution < 1.29 is 17.9 Å². The third-order valence-electron chi connectivity index (χ3n) is 3.17. The van der Waals surface area contributed by atoms with E-state index in [9.17, 15) is 17.9 Å². The zero-order valence-corrected chi connectivity index (χ0v) is 12.5. The van der Waals surface area contributed by atoms with E-state index in [2.05, 4.69) is 4.72 Å². The summed E-state index contributed by atoms with van der Waals surface area (Å²) in [6.45, 7) is 0.335. The number of benzene rings is 1. The highest BCUT2D eigenvalue weighted by molar-refractivity contribution is 7.89. The fourth-order valence-corrected chi connectivity index (χ4v) is 2.69. The molecule has 7 heteroatoms. The molecule has 1 aromatic carbocycles. The van der Waals surface area contributed by atoms with Crippen molar-refractivity contribution in [1.29, 1.82) is 0 Å². The fourth-order valence-electron chi connectivity index (χ4n) is 1.98. The highest BCUT2D eigenvalue weighted by Crippen LogP contribution is 2.19. The van der Waals surface area contributed by atoms with Crippen molar-refractivity contribution in [2.24, 2.45) is 0 Å². The van der Waals surface area contributed by atoms with Crippen LogP contribution in [0.15, 0.2) is 24.3 Å². The third kappa shape index (κ3) is 5.16. The summed E-state index contributed by atoms with van der Waals surface area (Å²) >= 11 is 0. The number of likely N-dealkylation sites (N-methyl/N-ethyl adjacent to an activating group) is 1. The quantitative estimate of drug-likeness (QED) is 0.743. The van der Waals surface area contributed by atoms with Crippen molar-refractivity contribution in [2.75, 3.05) is 33.0 Å². The number of hydrogen-bond acceptors (Lipinski definition) is 4.